The van der Waals surface area contributed by atoms with Crippen LogP contribution in [-0.4, -0.2) is 26.4 Å². The minimum absolute atomic E-state index is 0.0992. The summed E-state index contributed by atoms with van der Waals surface area (Å²) in [5, 5.41) is 5.89. The van der Waals surface area contributed by atoms with Gasteiger partial charge in [-0.3, -0.25) is 0 Å². The Morgan fingerprint density at radius 1 is 1.22 bits per heavy atom. The molecule has 4 heteroatoms. The zero-order valence-electron chi connectivity index (χ0n) is 17.0. The number of benzene rings is 1. The van der Waals surface area contributed by atoms with Gasteiger partial charge in [0.1, 0.15) is 5.75 Å². The van der Waals surface area contributed by atoms with Gasteiger partial charge in [0.15, 0.2) is 0 Å². The van der Waals surface area contributed by atoms with E-state index in [4.69, 9.17) is 9.47 Å². The topological polar surface area (TPSA) is 30.5 Å². The van der Waals surface area contributed by atoms with Crippen LogP contribution in [0.5, 0.6) is 5.75 Å². The number of hydrogen-bond donors (Lipinski definition) is 1. The van der Waals surface area contributed by atoms with E-state index < -0.39 is 0 Å². The van der Waals surface area contributed by atoms with Crippen molar-refractivity contribution in [1.82, 2.24) is 5.32 Å². The summed E-state index contributed by atoms with van der Waals surface area (Å²) in [6.45, 7) is 8.59. The van der Waals surface area contributed by atoms with Gasteiger partial charge in [-0.1, -0.05) is 38.1 Å². The Morgan fingerprint density at radius 2 is 2.04 bits per heavy atom. The highest BCUT2D eigenvalue weighted by Crippen LogP contribution is 2.45. The van der Waals surface area contributed by atoms with Gasteiger partial charge in [0.25, 0.3) is 0 Å². The van der Waals surface area contributed by atoms with Crippen LogP contribution >= 0.6 is 11.3 Å². The molecule has 1 aromatic heterocycles. The minimum atomic E-state index is 0.0992. The van der Waals surface area contributed by atoms with Crippen LogP contribution in [-0.2, 0) is 10.2 Å². The molecule has 0 bridgehead atoms. The van der Waals surface area contributed by atoms with E-state index in [1.807, 2.05) is 11.3 Å². The Labute approximate surface area is 168 Å². The SMILES string of the molecule is COc1ccccc1[C@]1(CCN[C@H](C)c2cccs2)CCO[C@H](C(C)C)C1. The van der Waals surface area contributed by atoms with Gasteiger partial charge in [-0.25, -0.2) is 0 Å². The fraction of sp³-hybridized carbons (Fsp3) is 0.565. The van der Waals surface area contributed by atoms with Gasteiger partial charge in [0.2, 0.25) is 0 Å². The van der Waals surface area contributed by atoms with Gasteiger partial charge in [-0.15, -0.1) is 11.3 Å². The molecule has 0 aliphatic carbocycles. The summed E-state index contributed by atoms with van der Waals surface area (Å²) in [6.07, 6.45) is 3.50. The van der Waals surface area contributed by atoms with E-state index in [-0.39, 0.29) is 5.41 Å². The van der Waals surface area contributed by atoms with Crippen LogP contribution in [0.15, 0.2) is 41.8 Å². The minimum Gasteiger partial charge on any atom is -0.496 e. The van der Waals surface area contributed by atoms with Gasteiger partial charge in [0, 0.05) is 28.5 Å². The van der Waals surface area contributed by atoms with E-state index in [2.05, 4.69) is 67.9 Å². The highest BCUT2D eigenvalue weighted by molar-refractivity contribution is 7.10. The summed E-state index contributed by atoms with van der Waals surface area (Å²) in [6, 6.07) is 13.3. The van der Waals surface area contributed by atoms with Crippen molar-refractivity contribution in [2.75, 3.05) is 20.3 Å². The molecule has 1 N–H and O–H groups in total. The molecule has 3 nitrogen and oxygen atoms in total. The van der Waals surface area contributed by atoms with E-state index in [0.29, 0.717) is 18.1 Å². The third-order valence-electron chi connectivity index (χ3n) is 5.95. The van der Waals surface area contributed by atoms with E-state index >= 15 is 0 Å². The first kappa shape index (κ1) is 20.4. The van der Waals surface area contributed by atoms with Crippen LogP contribution in [0.2, 0.25) is 0 Å². The third-order valence-corrected chi connectivity index (χ3v) is 7.01. The van der Waals surface area contributed by atoms with Gasteiger partial charge >= 0.3 is 0 Å². The second kappa shape index (κ2) is 9.22. The highest BCUT2D eigenvalue weighted by atomic mass is 32.1. The summed E-state index contributed by atoms with van der Waals surface area (Å²) in [7, 11) is 1.78. The van der Waals surface area contributed by atoms with E-state index in [1.165, 1.54) is 10.4 Å². The summed E-state index contributed by atoms with van der Waals surface area (Å²) in [4.78, 5) is 1.40. The number of methoxy groups -OCH3 is 1. The molecule has 1 saturated heterocycles. The highest BCUT2D eigenvalue weighted by Gasteiger charge is 2.40. The molecule has 0 saturated carbocycles. The second-order valence-electron chi connectivity index (χ2n) is 8.03. The molecule has 3 rings (SSSR count). The molecule has 1 aliphatic heterocycles. The molecular weight excluding hydrogens is 354 g/mol. The van der Waals surface area contributed by atoms with Crippen molar-refractivity contribution < 1.29 is 9.47 Å². The van der Waals surface area contributed by atoms with Crippen molar-refractivity contribution in [1.29, 1.82) is 0 Å². The molecule has 3 atom stereocenters. The normalized spacial score (nSPS) is 24.1. The summed E-state index contributed by atoms with van der Waals surface area (Å²) >= 11 is 1.82. The first-order valence-electron chi connectivity index (χ1n) is 10.1. The third kappa shape index (κ3) is 4.74. The predicted octanol–water partition coefficient (Wildman–Crippen LogP) is 5.57. The maximum Gasteiger partial charge on any atom is 0.122 e. The standard InChI is InChI=1S/C23H33NO2S/c1-17(2)21-16-23(12-14-26-21,19-8-5-6-9-20(19)25-4)11-13-24-18(3)22-10-7-15-27-22/h5-10,15,17-18,21,24H,11-14,16H2,1-4H3/t18-,21+,23-/m1/s1. The summed E-state index contributed by atoms with van der Waals surface area (Å²) in [5.41, 5.74) is 1.44. The van der Waals surface area contributed by atoms with Crippen molar-refractivity contribution in [3.8, 4) is 5.75 Å². The maximum atomic E-state index is 6.12. The molecule has 0 spiro atoms. The maximum absolute atomic E-state index is 6.12. The Bertz CT molecular complexity index is 700. The number of para-hydroxylation sites is 1. The lowest BCUT2D eigenvalue weighted by Crippen LogP contribution is -2.43. The van der Waals surface area contributed by atoms with Crippen molar-refractivity contribution in [2.24, 2.45) is 5.92 Å². The zero-order chi connectivity index (χ0) is 19.3. The first-order chi connectivity index (χ1) is 13.1. The molecule has 1 aliphatic rings. The van der Waals surface area contributed by atoms with E-state index in [9.17, 15) is 0 Å². The van der Waals surface area contributed by atoms with Crippen LogP contribution < -0.4 is 10.1 Å². The molecular formula is C23H33NO2S. The smallest absolute Gasteiger partial charge is 0.122 e. The quantitative estimate of drug-likeness (QED) is 0.642. The van der Waals surface area contributed by atoms with Crippen LogP contribution in [0, 0.1) is 5.92 Å². The lowest BCUT2D eigenvalue weighted by atomic mass is 9.68. The Morgan fingerprint density at radius 3 is 2.74 bits per heavy atom. The molecule has 0 amide bonds. The Balaban J connectivity index is 1.79. The number of ether oxygens (including phenoxy) is 2. The van der Waals surface area contributed by atoms with Crippen LogP contribution in [0.25, 0.3) is 0 Å². The van der Waals surface area contributed by atoms with Crippen molar-refractivity contribution in [3.63, 3.8) is 0 Å². The molecule has 0 radical (unpaired) electrons. The van der Waals surface area contributed by atoms with Crippen molar-refractivity contribution >= 4 is 11.3 Å². The fourth-order valence-electron chi connectivity index (χ4n) is 4.24. The molecule has 0 unspecified atom stereocenters. The fourth-order valence-corrected chi connectivity index (χ4v) is 4.99. The second-order valence-corrected chi connectivity index (χ2v) is 9.01. The Kier molecular flexibility index (Phi) is 6.96. The number of nitrogens with one attached hydrogen (secondary N) is 1. The van der Waals surface area contributed by atoms with Crippen LogP contribution in [0.4, 0.5) is 0 Å². The molecule has 2 heterocycles. The molecule has 2 aromatic rings. The van der Waals surface area contributed by atoms with Gasteiger partial charge in [0.05, 0.1) is 13.2 Å². The number of hydrogen-bond acceptors (Lipinski definition) is 4. The van der Waals surface area contributed by atoms with Gasteiger partial charge in [-0.2, -0.15) is 0 Å². The zero-order valence-corrected chi connectivity index (χ0v) is 17.9. The van der Waals surface area contributed by atoms with E-state index in [1.54, 1.807) is 7.11 Å². The summed E-state index contributed by atoms with van der Waals surface area (Å²) < 4.78 is 11.9. The average Bonchev–Trinajstić information content (AvgIpc) is 3.23. The summed E-state index contributed by atoms with van der Waals surface area (Å²) in [5.74, 6) is 1.53. The van der Waals surface area contributed by atoms with Crippen LogP contribution in [0.1, 0.15) is 56.5 Å². The largest absolute Gasteiger partial charge is 0.496 e. The van der Waals surface area contributed by atoms with Crippen molar-refractivity contribution in [3.05, 3.63) is 52.2 Å². The van der Waals surface area contributed by atoms with Gasteiger partial charge < -0.3 is 14.8 Å². The molecule has 148 valence electrons. The molecule has 1 aromatic carbocycles. The van der Waals surface area contributed by atoms with Crippen LogP contribution in [0.3, 0.4) is 0 Å². The predicted molar refractivity (Wildman–Crippen MR) is 114 cm³/mol. The van der Waals surface area contributed by atoms with Crippen molar-refractivity contribution in [2.45, 2.75) is 57.6 Å². The lowest BCUT2D eigenvalue weighted by molar-refractivity contribution is -0.0474. The lowest BCUT2D eigenvalue weighted by Gasteiger charge is -2.43. The Hall–Kier alpha value is -1.36. The molecule has 27 heavy (non-hydrogen) atoms. The molecule has 1 fully saturated rings. The van der Waals surface area contributed by atoms with Gasteiger partial charge in [-0.05, 0) is 56.2 Å². The number of rotatable bonds is 8. The van der Waals surface area contributed by atoms with E-state index in [0.717, 1.165) is 38.2 Å². The average molecular weight is 388 g/mol. The number of thiophene rings is 1. The first-order valence-corrected chi connectivity index (χ1v) is 11.0. The monoisotopic (exact) mass is 387 g/mol.